The molecule has 0 spiro atoms. The van der Waals surface area contributed by atoms with Gasteiger partial charge in [0.2, 0.25) is 11.8 Å². The fourth-order valence-electron chi connectivity index (χ4n) is 2.15. The average Bonchev–Trinajstić information content (AvgIpc) is 2.40. The first-order valence-corrected chi connectivity index (χ1v) is 7.63. The quantitative estimate of drug-likeness (QED) is 0.636. The van der Waals surface area contributed by atoms with Crippen molar-refractivity contribution >= 4 is 11.8 Å². The maximum atomic E-state index is 12.0. The summed E-state index contributed by atoms with van der Waals surface area (Å²) >= 11 is 0. The van der Waals surface area contributed by atoms with Gasteiger partial charge < -0.3 is 16.0 Å². The monoisotopic (exact) mass is 285 g/mol. The number of hydrogen-bond donors (Lipinski definition) is 2. The van der Waals surface area contributed by atoms with Crippen LogP contribution < -0.4 is 11.1 Å². The topological polar surface area (TPSA) is 75.4 Å². The first-order chi connectivity index (χ1) is 9.42. The molecule has 20 heavy (non-hydrogen) atoms. The molecule has 1 unspecified atom stereocenters. The minimum absolute atomic E-state index is 0.0271. The minimum atomic E-state index is -0.0925. The van der Waals surface area contributed by atoms with Crippen molar-refractivity contribution in [2.75, 3.05) is 26.7 Å². The van der Waals surface area contributed by atoms with Gasteiger partial charge >= 0.3 is 0 Å². The van der Waals surface area contributed by atoms with E-state index in [2.05, 4.69) is 19.2 Å². The number of nitrogens with zero attached hydrogens (tertiary/aromatic N) is 1. The van der Waals surface area contributed by atoms with Crippen LogP contribution in [0.25, 0.3) is 0 Å². The van der Waals surface area contributed by atoms with Gasteiger partial charge in [0.05, 0.1) is 6.54 Å². The third-order valence-electron chi connectivity index (χ3n) is 3.59. The second-order valence-electron chi connectivity index (χ2n) is 5.72. The lowest BCUT2D eigenvalue weighted by molar-refractivity contribution is -0.135. The Morgan fingerprint density at radius 3 is 2.40 bits per heavy atom. The van der Waals surface area contributed by atoms with E-state index in [0.717, 1.165) is 19.3 Å². The van der Waals surface area contributed by atoms with E-state index < -0.39 is 0 Å². The summed E-state index contributed by atoms with van der Waals surface area (Å²) in [6.07, 6.45) is 3.18. The first kappa shape index (κ1) is 18.9. The largest absolute Gasteiger partial charge is 0.355 e. The molecule has 0 aromatic rings. The SMILES string of the molecule is CCCNC(=O)CN(C)C(=O)CCC(CCN)C(C)C. The van der Waals surface area contributed by atoms with Gasteiger partial charge in [-0.15, -0.1) is 0 Å². The van der Waals surface area contributed by atoms with Crippen molar-refractivity contribution in [2.24, 2.45) is 17.6 Å². The summed E-state index contributed by atoms with van der Waals surface area (Å²) < 4.78 is 0. The third kappa shape index (κ3) is 8.15. The third-order valence-corrected chi connectivity index (χ3v) is 3.59. The molecule has 0 aliphatic rings. The Kier molecular flexibility index (Phi) is 10.1. The number of amides is 2. The fraction of sp³-hybridized carbons (Fsp3) is 0.867. The van der Waals surface area contributed by atoms with Gasteiger partial charge in [-0.2, -0.15) is 0 Å². The smallest absolute Gasteiger partial charge is 0.239 e. The van der Waals surface area contributed by atoms with Crippen molar-refractivity contribution in [1.29, 1.82) is 0 Å². The molecule has 0 fully saturated rings. The van der Waals surface area contributed by atoms with Crippen LogP contribution >= 0.6 is 0 Å². The van der Waals surface area contributed by atoms with Gasteiger partial charge in [0.15, 0.2) is 0 Å². The standard InChI is InChI=1S/C15H31N3O2/c1-5-10-17-14(19)11-18(4)15(20)7-6-13(8-9-16)12(2)3/h12-13H,5-11,16H2,1-4H3,(H,17,19). The molecule has 2 amide bonds. The lowest BCUT2D eigenvalue weighted by Crippen LogP contribution is -2.38. The number of hydrogen-bond acceptors (Lipinski definition) is 3. The van der Waals surface area contributed by atoms with Crippen LogP contribution in [0.3, 0.4) is 0 Å². The maximum absolute atomic E-state index is 12.0. The van der Waals surface area contributed by atoms with Gasteiger partial charge in [-0.25, -0.2) is 0 Å². The van der Waals surface area contributed by atoms with Gasteiger partial charge in [0.25, 0.3) is 0 Å². The van der Waals surface area contributed by atoms with Crippen LogP contribution in [-0.4, -0.2) is 43.4 Å². The van der Waals surface area contributed by atoms with Crippen molar-refractivity contribution < 1.29 is 9.59 Å². The van der Waals surface area contributed by atoms with E-state index in [-0.39, 0.29) is 18.4 Å². The molecule has 5 nitrogen and oxygen atoms in total. The number of nitrogens with one attached hydrogen (secondary N) is 1. The second-order valence-corrected chi connectivity index (χ2v) is 5.72. The number of carbonyl (C=O) groups is 2. The summed E-state index contributed by atoms with van der Waals surface area (Å²) in [6.45, 7) is 7.78. The Balaban J connectivity index is 4.09. The molecular formula is C15H31N3O2. The highest BCUT2D eigenvalue weighted by Gasteiger charge is 2.17. The highest BCUT2D eigenvalue weighted by atomic mass is 16.2. The van der Waals surface area contributed by atoms with Crippen LogP contribution in [0.1, 0.15) is 46.5 Å². The summed E-state index contributed by atoms with van der Waals surface area (Å²) in [5, 5.41) is 2.77. The predicted molar refractivity (Wildman–Crippen MR) is 82.2 cm³/mol. The Morgan fingerprint density at radius 2 is 1.90 bits per heavy atom. The van der Waals surface area contributed by atoms with Crippen molar-refractivity contribution in [2.45, 2.75) is 46.5 Å². The molecule has 1 atom stereocenters. The molecule has 0 aromatic carbocycles. The normalized spacial score (nSPS) is 12.3. The number of nitrogens with two attached hydrogens (primary N) is 1. The highest BCUT2D eigenvalue weighted by Crippen LogP contribution is 2.20. The molecule has 118 valence electrons. The zero-order valence-corrected chi connectivity index (χ0v) is 13.4. The molecule has 0 aromatic heterocycles. The Labute approximate surface area is 123 Å². The molecule has 0 saturated heterocycles. The average molecular weight is 285 g/mol. The molecule has 0 radical (unpaired) electrons. The molecule has 0 rings (SSSR count). The number of rotatable bonds is 10. The highest BCUT2D eigenvalue weighted by molar-refractivity contribution is 5.84. The van der Waals surface area contributed by atoms with E-state index in [1.165, 1.54) is 4.90 Å². The molecule has 0 bridgehead atoms. The summed E-state index contributed by atoms with van der Waals surface area (Å²) in [7, 11) is 1.68. The summed E-state index contributed by atoms with van der Waals surface area (Å²) in [5.41, 5.74) is 5.60. The fourth-order valence-corrected chi connectivity index (χ4v) is 2.15. The van der Waals surface area contributed by atoms with E-state index in [9.17, 15) is 9.59 Å². The van der Waals surface area contributed by atoms with Gasteiger partial charge in [0.1, 0.15) is 0 Å². The van der Waals surface area contributed by atoms with Crippen molar-refractivity contribution in [3.05, 3.63) is 0 Å². The molecule has 5 heteroatoms. The van der Waals surface area contributed by atoms with Gasteiger partial charge in [-0.3, -0.25) is 9.59 Å². The lowest BCUT2D eigenvalue weighted by atomic mass is 9.88. The van der Waals surface area contributed by atoms with E-state index >= 15 is 0 Å². The molecule has 0 aliphatic heterocycles. The minimum Gasteiger partial charge on any atom is -0.355 e. The Hall–Kier alpha value is -1.10. The Morgan fingerprint density at radius 1 is 1.25 bits per heavy atom. The second kappa shape index (κ2) is 10.7. The molecule has 0 aliphatic carbocycles. The first-order valence-electron chi connectivity index (χ1n) is 7.63. The number of likely N-dealkylation sites (N-methyl/N-ethyl adjacent to an activating group) is 1. The number of carbonyl (C=O) groups excluding carboxylic acids is 2. The van der Waals surface area contributed by atoms with Gasteiger partial charge in [0, 0.05) is 20.0 Å². The van der Waals surface area contributed by atoms with Crippen LogP contribution in [0.5, 0.6) is 0 Å². The van der Waals surface area contributed by atoms with Crippen LogP contribution in [-0.2, 0) is 9.59 Å². The van der Waals surface area contributed by atoms with Crippen LogP contribution in [0.15, 0.2) is 0 Å². The van der Waals surface area contributed by atoms with Gasteiger partial charge in [-0.1, -0.05) is 20.8 Å². The van der Waals surface area contributed by atoms with Gasteiger partial charge in [-0.05, 0) is 37.6 Å². The van der Waals surface area contributed by atoms with Crippen molar-refractivity contribution in [3.63, 3.8) is 0 Å². The van der Waals surface area contributed by atoms with Crippen molar-refractivity contribution in [3.8, 4) is 0 Å². The lowest BCUT2D eigenvalue weighted by Gasteiger charge is -2.22. The van der Waals surface area contributed by atoms with Crippen LogP contribution in [0, 0.1) is 11.8 Å². The van der Waals surface area contributed by atoms with E-state index in [0.29, 0.717) is 31.3 Å². The van der Waals surface area contributed by atoms with Crippen LogP contribution in [0.4, 0.5) is 0 Å². The summed E-state index contributed by atoms with van der Waals surface area (Å²) in [4.78, 5) is 25.0. The molecule has 3 N–H and O–H groups in total. The summed E-state index contributed by atoms with van der Waals surface area (Å²) in [5.74, 6) is 0.945. The van der Waals surface area contributed by atoms with Crippen LogP contribution in [0.2, 0.25) is 0 Å². The molecular weight excluding hydrogens is 254 g/mol. The van der Waals surface area contributed by atoms with E-state index in [1.54, 1.807) is 7.05 Å². The predicted octanol–water partition coefficient (Wildman–Crippen LogP) is 1.37. The van der Waals surface area contributed by atoms with E-state index in [1.807, 2.05) is 6.92 Å². The molecule has 0 saturated carbocycles. The zero-order chi connectivity index (χ0) is 15.5. The zero-order valence-electron chi connectivity index (χ0n) is 13.4. The maximum Gasteiger partial charge on any atom is 0.239 e. The summed E-state index contributed by atoms with van der Waals surface area (Å²) in [6, 6.07) is 0. The van der Waals surface area contributed by atoms with E-state index in [4.69, 9.17) is 5.73 Å². The van der Waals surface area contributed by atoms with Crippen molar-refractivity contribution in [1.82, 2.24) is 10.2 Å². The Bertz CT molecular complexity index is 293. The molecule has 0 heterocycles.